The van der Waals surface area contributed by atoms with Crippen LogP contribution in [-0.2, 0) is 0 Å². The molecule has 1 N–H and O–H groups in total. The molecule has 0 aliphatic carbocycles. The van der Waals surface area contributed by atoms with Gasteiger partial charge >= 0.3 is 0 Å². The molecule has 18 heavy (non-hydrogen) atoms. The Kier molecular flexibility index (Phi) is 5.86. The van der Waals surface area contributed by atoms with Crippen molar-refractivity contribution in [1.29, 1.82) is 0 Å². The van der Waals surface area contributed by atoms with Crippen LogP contribution in [0, 0.1) is 6.92 Å². The van der Waals surface area contributed by atoms with E-state index < -0.39 is 0 Å². The molecule has 100 valence electrons. The minimum atomic E-state index is -0.151. The van der Waals surface area contributed by atoms with Gasteiger partial charge < -0.3 is 5.32 Å². The zero-order valence-electron chi connectivity index (χ0n) is 11.0. The lowest BCUT2D eigenvalue weighted by Gasteiger charge is -2.29. The summed E-state index contributed by atoms with van der Waals surface area (Å²) in [4.78, 5) is 12.2. The lowest BCUT2D eigenvalue weighted by Crippen LogP contribution is -2.45. The number of nitrogens with one attached hydrogen (secondary N) is 1. The van der Waals surface area contributed by atoms with Crippen molar-refractivity contribution in [2.75, 3.05) is 5.33 Å². The van der Waals surface area contributed by atoms with Gasteiger partial charge in [0.1, 0.15) is 0 Å². The highest BCUT2D eigenvalue weighted by Crippen LogP contribution is 2.20. The molecule has 0 fully saturated rings. The fourth-order valence-corrected chi connectivity index (χ4v) is 2.79. The number of hydrogen-bond donors (Lipinski definition) is 1. The minimum absolute atomic E-state index is 0.00380. The lowest BCUT2D eigenvalue weighted by molar-refractivity contribution is 0.0901. The normalized spacial score (nSPS) is 14.1. The van der Waals surface area contributed by atoms with Crippen molar-refractivity contribution in [1.82, 2.24) is 5.32 Å². The van der Waals surface area contributed by atoms with Gasteiger partial charge in [-0.25, -0.2) is 0 Å². The fourth-order valence-electron chi connectivity index (χ4n) is 1.67. The van der Waals surface area contributed by atoms with E-state index in [1.165, 1.54) is 0 Å². The molecule has 4 heteroatoms. The van der Waals surface area contributed by atoms with Crippen molar-refractivity contribution < 1.29 is 4.79 Å². The van der Waals surface area contributed by atoms with Crippen LogP contribution in [0.3, 0.4) is 0 Å². The molecule has 0 aliphatic rings. The van der Waals surface area contributed by atoms with Crippen molar-refractivity contribution in [3.63, 3.8) is 0 Å². The average Bonchev–Trinajstić information content (AvgIpc) is 2.32. The third kappa shape index (κ3) is 4.09. The highest BCUT2D eigenvalue weighted by molar-refractivity contribution is 9.10. The Bertz CT molecular complexity index is 434. The van der Waals surface area contributed by atoms with Crippen molar-refractivity contribution in [3.8, 4) is 0 Å². The maximum atomic E-state index is 12.2. The van der Waals surface area contributed by atoms with Crippen molar-refractivity contribution >= 4 is 37.8 Å². The summed E-state index contributed by atoms with van der Waals surface area (Å²) in [6, 6.07) is 5.66. The Labute approximate surface area is 126 Å². The molecule has 0 heterocycles. The van der Waals surface area contributed by atoms with Gasteiger partial charge in [-0.3, -0.25) is 4.79 Å². The van der Waals surface area contributed by atoms with Crippen LogP contribution in [-0.4, -0.2) is 16.8 Å². The number of benzene rings is 1. The Hall–Kier alpha value is -0.350. The molecule has 1 amide bonds. The molecule has 0 aromatic heterocycles. The molecule has 0 bridgehead atoms. The summed E-state index contributed by atoms with van der Waals surface area (Å²) in [5.41, 5.74) is 1.63. The quantitative estimate of drug-likeness (QED) is 0.756. The molecule has 0 saturated carbocycles. The Morgan fingerprint density at radius 2 is 2.11 bits per heavy atom. The average molecular weight is 377 g/mol. The molecule has 1 aromatic carbocycles. The Morgan fingerprint density at radius 1 is 1.44 bits per heavy atom. The zero-order chi connectivity index (χ0) is 13.8. The van der Waals surface area contributed by atoms with Gasteiger partial charge in [0.2, 0.25) is 0 Å². The molecule has 0 saturated heterocycles. The maximum absolute atomic E-state index is 12.2. The van der Waals surface area contributed by atoms with Gasteiger partial charge in [0.05, 0.1) is 0 Å². The van der Waals surface area contributed by atoms with Gasteiger partial charge in [-0.2, -0.15) is 0 Å². The summed E-state index contributed by atoms with van der Waals surface area (Å²) in [6.45, 7) is 6.16. The monoisotopic (exact) mass is 375 g/mol. The largest absolute Gasteiger partial charge is 0.347 e. The number of carbonyl (C=O) groups excluding carboxylic acids is 1. The van der Waals surface area contributed by atoms with E-state index in [2.05, 4.69) is 51.0 Å². The molecular formula is C14H19Br2NO. The Morgan fingerprint density at radius 3 is 2.61 bits per heavy atom. The first kappa shape index (κ1) is 15.7. The molecule has 0 radical (unpaired) electrons. The lowest BCUT2D eigenvalue weighted by atomic mass is 9.95. The summed E-state index contributed by atoms with van der Waals surface area (Å²) in [5, 5.41) is 4.01. The van der Waals surface area contributed by atoms with Crippen LogP contribution in [0.2, 0.25) is 0 Å². The molecule has 0 spiro atoms. The summed E-state index contributed by atoms with van der Waals surface area (Å²) in [5.74, 6) is -0.00380. The molecule has 1 rings (SSSR count). The number of alkyl halides is 1. The van der Waals surface area contributed by atoms with Crippen LogP contribution < -0.4 is 5.32 Å². The van der Waals surface area contributed by atoms with Crippen LogP contribution in [0.1, 0.15) is 42.6 Å². The Balaban J connectivity index is 2.84. The predicted molar refractivity (Wildman–Crippen MR) is 83.5 cm³/mol. The second kappa shape index (κ2) is 6.71. The predicted octanol–water partition coefficient (Wildman–Crippen LogP) is 4.44. The SMILES string of the molecule is CCC(C)(CCBr)NC(=O)c1ccc(Br)c(C)c1. The molecule has 1 atom stereocenters. The van der Waals surface area contributed by atoms with E-state index >= 15 is 0 Å². The van der Waals surface area contributed by atoms with E-state index in [1.54, 1.807) is 0 Å². The fraction of sp³-hybridized carbons (Fsp3) is 0.500. The highest BCUT2D eigenvalue weighted by atomic mass is 79.9. The van der Waals surface area contributed by atoms with Gasteiger partial charge in [0, 0.05) is 20.9 Å². The standard InChI is InChI=1S/C14H19Br2NO/c1-4-14(3,7-8-15)17-13(18)11-5-6-12(16)10(2)9-11/h5-6,9H,4,7-8H2,1-3H3,(H,17,18). The van der Waals surface area contributed by atoms with E-state index in [4.69, 9.17) is 0 Å². The molecular weight excluding hydrogens is 358 g/mol. The van der Waals surface area contributed by atoms with E-state index in [0.29, 0.717) is 5.56 Å². The summed E-state index contributed by atoms with van der Waals surface area (Å²) in [6.07, 6.45) is 1.84. The number of halogens is 2. The van der Waals surface area contributed by atoms with Gasteiger partial charge in [-0.1, -0.05) is 38.8 Å². The topological polar surface area (TPSA) is 29.1 Å². The van der Waals surface area contributed by atoms with Crippen LogP contribution in [0.5, 0.6) is 0 Å². The number of rotatable bonds is 5. The number of carbonyl (C=O) groups is 1. The van der Waals surface area contributed by atoms with E-state index in [9.17, 15) is 4.79 Å². The summed E-state index contributed by atoms with van der Waals surface area (Å²) in [7, 11) is 0. The highest BCUT2D eigenvalue weighted by Gasteiger charge is 2.24. The smallest absolute Gasteiger partial charge is 0.251 e. The molecule has 1 unspecified atom stereocenters. The summed E-state index contributed by atoms with van der Waals surface area (Å²) < 4.78 is 1.03. The van der Waals surface area contributed by atoms with Crippen molar-refractivity contribution in [2.45, 2.75) is 39.2 Å². The molecule has 0 aliphatic heterocycles. The number of aryl methyl sites for hydroxylation is 1. The van der Waals surface area contributed by atoms with E-state index in [1.807, 2.05) is 25.1 Å². The van der Waals surface area contributed by atoms with Gasteiger partial charge in [-0.15, -0.1) is 0 Å². The number of amides is 1. The summed E-state index contributed by atoms with van der Waals surface area (Å²) >= 11 is 6.88. The van der Waals surface area contributed by atoms with Crippen molar-refractivity contribution in [3.05, 3.63) is 33.8 Å². The third-order valence-corrected chi connectivity index (χ3v) is 4.55. The van der Waals surface area contributed by atoms with Gasteiger partial charge in [0.15, 0.2) is 0 Å². The second-order valence-corrected chi connectivity index (χ2v) is 6.42. The van der Waals surface area contributed by atoms with Crippen LogP contribution in [0.25, 0.3) is 0 Å². The van der Waals surface area contributed by atoms with Gasteiger partial charge in [-0.05, 0) is 50.5 Å². The second-order valence-electron chi connectivity index (χ2n) is 4.77. The zero-order valence-corrected chi connectivity index (χ0v) is 14.2. The third-order valence-electron chi connectivity index (χ3n) is 3.26. The van der Waals surface area contributed by atoms with Gasteiger partial charge in [0.25, 0.3) is 5.91 Å². The van der Waals surface area contributed by atoms with E-state index in [0.717, 1.165) is 28.2 Å². The van der Waals surface area contributed by atoms with Crippen LogP contribution >= 0.6 is 31.9 Å². The molecule has 2 nitrogen and oxygen atoms in total. The molecule has 1 aromatic rings. The van der Waals surface area contributed by atoms with Crippen LogP contribution in [0.15, 0.2) is 22.7 Å². The maximum Gasteiger partial charge on any atom is 0.251 e. The van der Waals surface area contributed by atoms with E-state index in [-0.39, 0.29) is 11.4 Å². The first-order valence-corrected chi connectivity index (χ1v) is 7.98. The number of hydrogen-bond acceptors (Lipinski definition) is 1. The first-order valence-electron chi connectivity index (χ1n) is 6.06. The minimum Gasteiger partial charge on any atom is -0.347 e. The first-order chi connectivity index (χ1) is 8.41. The van der Waals surface area contributed by atoms with Crippen LogP contribution in [0.4, 0.5) is 0 Å². The van der Waals surface area contributed by atoms with Crippen molar-refractivity contribution in [2.24, 2.45) is 0 Å².